The third-order valence-corrected chi connectivity index (χ3v) is 4.79. The van der Waals surface area contributed by atoms with Crippen molar-refractivity contribution >= 4 is 5.91 Å². The first kappa shape index (κ1) is 23.8. The lowest BCUT2D eigenvalue weighted by molar-refractivity contribution is -0.121. The van der Waals surface area contributed by atoms with Gasteiger partial charge >= 0.3 is 5.69 Å². The minimum absolute atomic E-state index is 0.00430. The minimum atomic E-state index is -1.45. The second-order valence-electron chi connectivity index (χ2n) is 7.15. The molecule has 10 nitrogen and oxygen atoms in total. The van der Waals surface area contributed by atoms with E-state index in [0.717, 1.165) is 23.6 Å². The van der Waals surface area contributed by atoms with Gasteiger partial charge in [0, 0.05) is 25.6 Å². The highest BCUT2D eigenvalue weighted by atomic mass is 16.6. The molecular weight excluding hydrogens is 394 g/mol. The zero-order valence-corrected chi connectivity index (χ0v) is 17.0. The number of carbonyl (C=O) groups is 1. The molecule has 1 aromatic rings. The molecular formula is C20H29N3O7. The van der Waals surface area contributed by atoms with E-state index in [-0.39, 0.29) is 11.5 Å². The summed E-state index contributed by atoms with van der Waals surface area (Å²) in [6.45, 7) is 2.21. The molecule has 5 N–H and O–H groups in total. The first-order valence-corrected chi connectivity index (χ1v) is 10.1. The lowest BCUT2D eigenvalue weighted by Crippen LogP contribution is -2.38. The number of aliphatic hydroxyl groups excluding tert-OH is 3. The molecule has 0 unspecified atom stereocenters. The van der Waals surface area contributed by atoms with Crippen LogP contribution in [0.3, 0.4) is 0 Å². The van der Waals surface area contributed by atoms with Gasteiger partial charge in [-0.2, -0.15) is 0 Å². The van der Waals surface area contributed by atoms with Gasteiger partial charge in [0.1, 0.15) is 23.9 Å². The summed E-state index contributed by atoms with van der Waals surface area (Å²) in [4.78, 5) is 37.8. The lowest BCUT2D eigenvalue weighted by Gasteiger charge is -2.17. The summed E-state index contributed by atoms with van der Waals surface area (Å²) in [5, 5.41) is 31.9. The molecule has 2 rings (SSSR count). The van der Waals surface area contributed by atoms with Gasteiger partial charge in [0.05, 0.1) is 6.61 Å². The maximum atomic E-state index is 12.1. The van der Waals surface area contributed by atoms with E-state index in [1.165, 1.54) is 0 Å². The summed E-state index contributed by atoms with van der Waals surface area (Å²) in [6.07, 6.45) is 0.263. The zero-order valence-electron chi connectivity index (χ0n) is 17.0. The van der Waals surface area contributed by atoms with Gasteiger partial charge < -0.3 is 25.4 Å². The smallest absolute Gasteiger partial charge is 0.330 e. The molecule has 0 saturated carbocycles. The zero-order chi connectivity index (χ0) is 22.1. The number of hydrogen-bond donors (Lipinski definition) is 5. The molecule has 1 aliphatic heterocycles. The van der Waals surface area contributed by atoms with Crippen LogP contribution in [-0.2, 0) is 9.53 Å². The van der Waals surface area contributed by atoms with Gasteiger partial charge in [-0.25, -0.2) is 4.79 Å². The predicted octanol–water partition coefficient (Wildman–Crippen LogP) is -1.02. The van der Waals surface area contributed by atoms with Crippen molar-refractivity contribution in [2.75, 3.05) is 13.2 Å². The van der Waals surface area contributed by atoms with E-state index in [0.29, 0.717) is 32.2 Å². The van der Waals surface area contributed by atoms with E-state index in [1.54, 1.807) is 0 Å². The molecule has 1 aromatic heterocycles. The van der Waals surface area contributed by atoms with E-state index < -0.39 is 42.4 Å². The summed E-state index contributed by atoms with van der Waals surface area (Å²) in [5.74, 6) is 5.53. The van der Waals surface area contributed by atoms with Crippen molar-refractivity contribution in [1.29, 1.82) is 0 Å². The molecule has 0 aromatic carbocycles. The standard InChI is InChI=1S/C20H29N3O7/c1-2-3-10-21-15(25)9-7-5-4-6-8-13-11-23(20(29)22-18(13)28)19-17(27)16(26)14(12-24)30-19/h11,14,16-17,19,24,26-27H,2-5,7,9-10,12H2,1H3,(H,21,25)(H,22,28,29)/t14-,16-,17+,19-/m1/s1. The van der Waals surface area contributed by atoms with Gasteiger partial charge in [-0.1, -0.05) is 25.2 Å². The maximum absolute atomic E-state index is 12.1. The average molecular weight is 423 g/mol. The summed E-state index contributed by atoms with van der Waals surface area (Å²) in [7, 11) is 0. The van der Waals surface area contributed by atoms with Gasteiger partial charge in [-0.05, 0) is 19.3 Å². The SMILES string of the molecule is CCCCNC(=O)CCCCC#Cc1cn([C@@H]2O[C@H](CO)[C@@H](O)[C@@H]2O)c(=O)[nH]c1=O. The molecule has 1 aliphatic rings. The Morgan fingerprint density at radius 1 is 1.27 bits per heavy atom. The Balaban J connectivity index is 1.95. The molecule has 1 amide bonds. The van der Waals surface area contributed by atoms with E-state index >= 15 is 0 Å². The Morgan fingerprint density at radius 3 is 2.70 bits per heavy atom. The fourth-order valence-corrected chi connectivity index (χ4v) is 3.02. The van der Waals surface area contributed by atoms with Crippen LogP contribution in [0.25, 0.3) is 0 Å². The van der Waals surface area contributed by atoms with Crippen molar-refractivity contribution in [3.8, 4) is 11.8 Å². The van der Waals surface area contributed by atoms with Crippen LogP contribution in [0.15, 0.2) is 15.8 Å². The fraction of sp³-hybridized carbons (Fsp3) is 0.650. The van der Waals surface area contributed by atoms with Crippen LogP contribution in [0.2, 0.25) is 0 Å². The Labute approximate surface area is 173 Å². The van der Waals surface area contributed by atoms with E-state index in [2.05, 4.69) is 29.1 Å². The number of carbonyl (C=O) groups excluding carboxylic acids is 1. The van der Waals surface area contributed by atoms with Crippen molar-refractivity contribution in [3.05, 3.63) is 32.6 Å². The molecule has 2 heterocycles. The second-order valence-corrected chi connectivity index (χ2v) is 7.15. The molecule has 4 atom stereocenters. The number of H-pyrrole nitrogens is 1. The third kappa shape index (κ3) is 6.27. The number of aromatic amines is 1. The van der Waals surface area contributed by atoms with Crippen molar-refractivity contribution < 1.29 is 24.9 Å². The third-order valence-electron chi connectivity index (χ3n) is 4.79. The number of rotatable bonds is 9. The van der Waals surface area contributed by atoms with Crippen molar-refractivity contribution in [3.63, 3.8) is 0 Å². The highest BCUT2D eigenvalue weighted by Gasteiger charge is 2.43. The molecule has 0 spiro atoms. The van der Waals surface area contributed by atoms with Gasteiger partial charge in [0.2, 0.25) is 5.91 Å². The number of aromatic nitrogens is 2. The molecule has 30 heavy (non-hydrogen) atoms. The van der Waals surface area contributed by atoms with Crippen LogP contribution in [0.5, 0.6) is 0 Å². The van der Waals surface area contributed by atoms with Crippen molar-refractivity contribution in [1.82, 2.24) is 14.9 Å². The van der Waals surface area contributed by atoms with E-state index in [4.69, 9.17) is 4.74 Å². The van der Waals surface area contributed by atoms with Crippen molar-refractivity contribution in [2.24, 2.45) is 0 Å². The number of nitrogens with zero attached hydrogens (tertiary/aromatic N) is 1. The number of amides is 1. The number of nitrogens with one attached hydrogen (secondary N) is 2. The molecule has 10 heteroatoms. The molecule has 1 saturated heterocycles. The van der Waals surface area contributed by atoms with Gasteiger partial charge in [0.25, 0.3) is 5.56 Å². The van der Waals surface area contributed by atoms with E-state index in [9.17, 15) is 29.7 Å². The normalized spacial score (nSPS) is 23.1. The summed E-state index contributed by atoms with van der Waals surface area (Å²) in [6, 6.07) is 0. The summed E-state index contributed by atoms with van der Waals surface area (Å²) in [5.41, 5.74) is -1.50. The molecule has 0 bridgehead atoms. The highest BCUT2D eigenvalue weighted by molar-refractivity contribution is 5.75. The number of hydrogen-bond acceptors (Lipinski definition) is 7. The van der Waals surface area contributed by atoms with Gasteiger partial charge in [-0.3, -0.25) is 19.1 Å². The Hall–Kier alpha value is -2.45. The lowest BCUT2D eigenvalue weighted by atomic mass is 10.1. The van der Waals surface area contributed by atoms with Crippen molar-refractivity contribution in [2.45, 2.75) is 70.0 Å². The van der Waals surface area contributed by atoms with Crippen LogP contribution in [0.1, 0.15) is 57.2 Å². The number of ether oxygens (including phenoxy) is 1. The fourth-order valence-electron chi connectivity index (χ4n) is 3.02. The quantitative estimate of drug-likeness (QED) is 0.251. The molecule has 0 aliphatic carbocycles. The summed E-state index contributed by atoms with van der Waals surface area (Å²) < 4.78 is 6.26. The molecule has 166 valence electrons. The largest absolute Gasteiger partial charge is 0.394 e. The number of aliphatic hydroxyl groups is 3. The topological polar surface area (TPSA) is 154 Å². The van der Waals surface area contributed by atoms with Gasteiger partial charge in [-0.15, -0.1) is 0 Å². The monoisotopic (exact) mass is 423 g/mol. The van der Waals surface area contributed by atoms with E-state index in [1.807, 2.05) is 0 Å². The Bertz CT molecular complexity index is 883. The Kier molecular flexibility index (Phi) is 9.26. The maximum Gasteiger partial charge on any atom is 0.330 e. The second kappa shape index (κ2) is 11.7. The van der Waals surface area contributed by atoms with Crippen LogP contribution in [0, 0.1) is 11.8 Å². The highest BCUT2D eigenvalue weighted by Crippen LogP contribution is 2.27. The predicted molar refractivity (Wildman–Crippen MR) is 108 cm³/mol. The molecule has 1 fully saturated rings. The van der Waals surface area contributed by atoms with Crippen LogP contribution in [0.4, 0.5) is 0 Å². The summed E-state index contributed by atoms with van der Waals surface area (Å²) >= 11 is 0. The van der Waals surface area contributed by atoms with Crippen LogP contribution in [-0.4, -0.2) is 62.2 Å². The minimum Gasteiger partial charge on any atom is -0.394 e. The Morgan fingerprint density at radius 2 is 2.03 bits per heavy atom. The first-order chi connectivity index (χ1) is 14.4. The van der Waals surface area contributed by atoms with Crippen LogP contribution < -0.4 is 16.6 Å². The molecule has 0 radical (unpaired) electrons. The average Bonchev–Trinajstić information content (AvgIpc) is 3.00. The van der Waals surface area contributed by atoms with Crippen LogP contribution >= 0.6 is 0 Å². The number of unbranched alkanes of at least 4 members (excludes halogenated alkanes) is 3. The first-order valence-electron chi connectivity index (χ1n) is 10.1. The van der Waals surface area contributed by atoms with Gasteiger partial charge in [0.15, 0.2) is 6.23 Å².